The van der Waals surface area contributed by atoms with Crippen molar-refractivity contribution in [1.82, 2.24) is 0 Å². The predicted octanol–water partition coefficient (Wildman–Crippen LogP) is -1.88. The first-order valence-electron chi connectivity index (χ1n) is 1.11. The van der Waals surface area contributed by atoms with Gasteiger partial charge in [-0.15, -0.1) is 0 Å². The van der Waals surface area contributed by atoms with Gasteiger partial charge in [-0.1, -0.05) is 0 Å². The molecule has 0 spiro atoms. The summed E-state index contributed by atoms with van der Waals surface area (Å²) in [6, 6.07) is 0. The molecule has 4 nitrogen and oxygen atoms in total. The third-order valence-corrected chi connectivity index (χ3v) is 0.183. The minimum absolute atomic E-state index is 0. The Hall–Kier alpha value is -1.07. The highest BCUT2D eigenvalue weighted by Gasteiger charge is 2.04. The topological polar surface area (TPSA) is 74.6 Å². The molecule has 0 aliphatic rings. The first kappa shape index (κ1) is 15.8. The van der Waals surface area contributed by atoms with E-state index in [-0.39, 0.29) is 13.1 Å². The van der Waals surface area contributed by atoms with Crippen LogP contribution in [0.15, 0.2) is 0 Å². The third-order valence-electron chi connectivity index (χ3n) is 0.183. The molecule has 0 aromatic rings. The van der Waals surface area contributed by atoms with Crippen LogP contribution >= 0.6 is 0 Å². The van der Waals surface area contributed by atoms with Gasteiger partial charge in [-0.2, -0.15) is 0 Å². The molecule has 0 saturated heterocycles. The summed E-state index contributed by atoms with van der Waals surface area (Å²) in [5, 5.41) is 14.8. The van der Waals surface area contributed by atoms with E-state index in [4.69, 9.17) is 19.8 Å². The fraction of sp³-hybridized carbons (Fsp3) is 0. The van der Waals surface area contributed by atoms with Gasteiger partial charge in [0.1, 0.15) is 0 Å². The van der Waals surface area contributed by atoms with E-state index in [0.29, 0.717) is 0 Å². The molecule has 0 aromatic heterocycles. The minimum Gasteiger partial charge on any atom is -0.473 e. The molecule has 0 amide bonds. The van der Waals surface area contributed by atoms with Crippen LogP contribution in [-0.4, -0.2) is 30.6 Å². The van der Waals surface area contributed by atoms with Crippen molar-refractivity contribution in [2.24, 2.45) is 0 Å². The van der Waals surface area contributed by atoms with Crippen LogP contribution in [0.5, 0.6) is 0 Å². The highest BCUT2D eigenvalue weighted by atomic mass is 19.0. The van der Waals surface area contributed by atoms with E-state index >= 15 is 0 Å². The predicted molar refractivity (Wildman–Crippen MR) is 27.7 cm³/mol. The SMILES string of the molecule is B.F.O=C(O)C(=O)O. The molecule has 0 bridgehead atoms. The second-order valence-corrected chi connectivity index (χ2v) is 0.610. The van der Waals surface area contributed by atoms with Gasteiger partial charge in [0.05, 0.1) is 8.41 Å². The van der Waals surface area contributed by atoms with Crippen molar-refractivity contribution in [3.8, 4) is 0 Å². The molecule has 0 fully saturated rings. The summed E-state index contributed by atoms with van der Waals surface area (Å²) in [5.41, 5.74) is 0. The Balaban J connectivity index is -0.000000125. The summed E-state index contributed by atoms with van der Waals surface area (Å²) in [6.45, 7) is 0. The van der Waals surface area contributed by atoms with Crippen molar-refractivity contribution in [2.45, 2.75) is 0 Å². The molecule has 0 aromatic carbocycles. The van der Waals surface area contributed by atoms with Crippen molar-refractivity contribution in [3.63, 3.8) is 0 Å². The number of carboxylic acid groups (broad SMARTS) is 2. The van der Waals surface area contributed by atoms with Gasteiger partial charge in [0.15, 0.2) is 0 Å². The van der Waals surface area contributed by atoms with E-state index in [1.807, 2.05) is 0 Å². The zero-order valence-corrected chi connectivity index (χ0v) is 3.12. The molecule has 0 rings (SSSR count). The lowest BCUT2D eigenvalue weighted by Crippen LogP contribution is -2.09. The Morgan fingerprint density at radius 2 is 1.12 bits per heavy atom. The Bertz CT molecular complexity index is 80.0. The largest absolute Gasteiger partial charge is 0.473 e. The maximum atomic E-state index is 9.10. The van der Waals surface area contributed by atoms with Crippen LogP contribution in [0.1, 0.15) is 0 Å². The van der Waals surface area contributed by atoms with Gasteiger partial charge in [0.2, 0.25) is 0 Å². The number of hydrogen-bond donors (Lipinski definition) is 2. The van der Waals surface area contributed by atoms with Gasteiger partial charge in [0, 0.05) is 0 Å². The number of carbonyl (C=O) groups is 2. The van der Waals surface area contributed by atoms with E-state index in [1.54, 1.807) is 0 Å². The third kappa shape index (κ3) is 8.87. The summed E-state index contributed by atoms with van der Waals surface area (Å²) in [5.74, 6) is -3.65. The molecule has 0 atom stereocenters. The number of hydrogen-bond acceptors (Lipinski definition) is 2. The van der Waals surface area contributed by atoms with Crippen LogP contribution in [0.2, 0.25) is 0 Å². The van der Waals surface area contributed by atoms with Crippen LogP contribution in [0.3, 0.4) is 0 Å². The molecule has 0 heterocycles. The summed E-state index contributed by atoms with van der Waals surface area (Å²) in [7, 11) is 0. The van der Waals surface area contributed by atoms with Crippen LogP contribution in [0.25, 0.3) is 0 Å². The highest BCUT2D eigenvalue weighted by Crippen LogP contribution is 1.56. The molecule has 0 aliphatic carbocycles. The quantitative estimate of drug-likeness (QED) is 0.293. The Kier molecular flexibility index (Phi) is 11.7. The van der Waals surface area contributed by atoms with Crippen molar-refractivity contribution in [1.29, 1.82) is 0 Å². The highest BCUT2D eigenvalue weighted by molar-refractivity contribution is 6.27. The summed E-state index contributed by atoms with van der Waals surface area (Å²) >= 11 is 0. The average molecular weight is 124 g/mol. The zero-order valence-electron chi connectivity index (χ0n) is 3.12. The molecule has 0 unspecified atom stereocenters. The van der Waals surface area contributed by atoms with Crippen LogP contribution in [0, 0.1) is 0 Å². The van der Waals surface area contributed by atoms with Crippen LogP contribution in [-0.2, 0) is 9.59 Å². The second kappa shape index (κ2) is 5.93. The van der Waals surface area contributed by atoms with Crippen molar-refractivity contribution < 1.29 is 24.5 Å². The fourth-order valence-electron chi connectivity index (χ4n) is 0. The first-order valence-corrected chi connectivity index (χ1v) is 1.11. The number of halogens is 1. The van der Waals surface area contributed by atoms with E-state index in [0.717, 1.165) is 0 Å². The average Bonchev–Trinajstić information content (AvgIpc) is 1.36. The molecule has 8 heavy (non-hydrogen) atoms. The maximum absolute atomic E-state index is 9.10. The van der Waals surface area contributed by atoms with E-state index in [9.17, 15) is 0 Å². The van der Waals surface area contributed by atoms with Crippen LogP contribution < -0.4 is 0 Å². The zero-order chi connectivity index (χ0) is 5.15. The van der Waals surface area contributed by atoms with Gasteiger partial charge in [-0.3, -0.25) is 4.70 Å². The Morgan fingerprint density at radius 3 is 1.12 bits per heavy atom. The summed E-state index contributed by atoms with van der Waals surface area (Å²) in [6.07, 6.45) is 0. The minimum atomic E-state index is -1.82. The second-order valence-electron chi connectivity index (χ2n) is 0.610. The number of carboxylic acids is 2. The van der Waals surface area contributed by atoms with E-state index < -0.39 is 11.9 Å². The Labute approximate surface area is 46.1 Å². The molecule has 48 valence electrons. The van der Waals surface area contributed by atoms with Gasteiger partial charge in [-0.25, -0.2) is 9.59 Å². The summed E-state index contributed by atoms with van der Waals surface area (Å²) in [4.78, 5) is 18.2. The normalized spacial score (nSPS) is 5.50. The molecule has 0 aliphatic heterocycles. The molecule has 6 heteroatoms. The smallest absolute Gasteiger partial charge is 0.414 e. The molecule has 0 saturated carbocycles. The van der Waals surface area contributed by atoms with Crippen molar-refractivity contribution in [3.05, 3.63) is 0 Å². The molecular formula is C2H6BFO4. The molecule has 0 radical (unpaired) electrons. The van der Waals surface area contributed by atoms with Gasteiger partial charge >= 0.3 is 11.9 Å². The molecular weight excluding hydrogens is 118 g/mol. The fourth-order valence-corrected chi connectivity index (χ4v) is 0. The van der Waals surface area contributed by atoms with E-state index in [2.05, 4.69) is 0 Å². The van der Waals surface area contributed by atoms with Gasteiger partial charge < -0.3 is 10.2 Å². The standard InChI is InChI=1S/C2H2O4.BH3.FH/c3-1(4)2(5)6;;/h(H,3,4)(H,5,6);1H3;1H. The Morgan fingerprint density at radius 1 is 1.00 bits per heavy atom. The lowest BCUT2D eigenvalue weighted by Gasteiger charge is -1.72. The summed E-state index contributed by atoms with van der Waals surface area (Å²) < 4.78 is 0. The van der Waals surface area contributed by atoms with Gasteiger partial charge in [-0.05, 0) is 0 Å². The maximum Gasteiger partial charge on any atom is 0.414 e. The lowest BCUT2D eigenvalue weighted by molar-refractivity contribution is -0.159. The van der Waals surface area contributed by atoms with Crippen molar-refractivity contribution >= 4 is 20.4 Å². The van der Waals surface area contributed by atoms with Crippen molar-refractivity contribution in [2.75, 3.05) is 0 Å². The molecule has 2 N–H and O–H groups in total. The lowest BCUT2D eigenvalue weighted by atomic mass is 10.7. The van der Waals surface area contributed by atoms with Crippen LogP contribution in [0.4, 0.5) is 4.70 Å². The van der Waals surface area contributed by atoms with E-state index in [1.165, 1.54) is 0 Å². The first-order chi connectivity index (χ1) is 2.64. The van der Waals surface area contributed by atoms with Gasteiger partial charge in [0.25, 0.3) is 0 Å². The number of aliphatic carboxylic acids is 2. The number of rotatable bonds is 0. The monoisotopic (exact) mass is 124 g/mol.